The van der Waals surface area contributed by atoms with Crippen molar-refractivity contribution in [2.24, 2.45) is 5.92 Å². The third-order valence-electron chi connectivity index (χ3n) is 6.72. The summed E-state index contributed by atoms with van der Waals surface area (Å²) in [5.74, 6) is 1.25. The number of aromatic amines is 1. The van der Waals surface area contributed by atoms with Crippen molar-refractivity contribution in [3.8, 4) is 0 Å². The number of fused-ring (bicyclic) bond motifs is 1. The third-order valence-corrected chi connectivity index (χ3v) is 8.61. The van der Waals surface area contributed by atoms with Crippen molar-refractivity contribution in [2.45, 2.75) is 50.7 Å². The normalized spacial score (nSPS) is 19.4. The molecule has 6 nitrogen and oxygen atoms in total. The molecule has 1 fully saturated rings. The van der Waals surface area contributed by atoms with Gasteiger partial charge in [-0.1, -0.05) is 12.1 Å². The zero-order valence-corrected chi connectivity index (χ0v) is 19.9. The largest absolute Gasteiger partial charge is 0.416 e. The molecule has 4 rings (SSSR count). The van der Waals surface area contributed by atoms with Gasteiger partial charge in [-0.3, -0.25) is 0 Å². The molecule has 1 aliphatic rings. The molecule has 2 heterocycles. The predicted octanol–water partition coefficient (Wildman–Crippen LogP) is 5.02. The molecule has 0 aliphatic heterocycles. The van der Waals surface area contributed by atoms with Crippen LogP contribution in [0.4, 0.5) is 19.0 Å². The number of aromatic nitrogens is 3. The fourth-order valence-electron chi connectivity index (χ4n) is 4.81. The Kier molecular flexibility index (Phi) is 7.16. The number of sulfone groups is 1. The summed E-state index contributed by atoms with van der Waals surface area (Å²) in [5, 5.41) is 0.975. The molecule has 10 heteroatoms. The minimum Gasteiger partial charge on any atom is -0.356 e. The molecule has 0 bridgehead atoms. The molecular formula is C24H29F3N4O2S. The van der Waals surface area contributed by atoms with E-state index in [1.54, 1.807) is 6.33 Å². The van der Waals surface area contributed by atoms with Crippen LogP contribution < -0.4 is 4.90 Å². The first kappa shape index (κ1) is 24.5. The van der Waals surface area contributed by atoms with Gasteiger partial charge in [0, 0.05) is 19.3 Å². The molecule has 184 valence electrons. The fraction of sp³-hybridized carbons (Fsp3) is 0.500. The highest BCUT2D eigenvalue weighted by Crippen LogP contribution is 2.32. The molecule has 1 aromatic carbocycles. The van der Waals surface area contributed by atoms with Crippen molar-refractivity contribution in [2.75, 3.05) is 23.5 Å². The van der Waals surface area contributed by atoms with Crippen molar-refractivity contribution in [1.29, 1.82) is 0 Å². The monoisotopic (exact) mass is 494 g/mol. The van der Waals surface area contributed by atoms with E-state index in [9.17, 15) is 21.6 Å². The minimum absolute atomic E-state index is 0.0558. The van der Waals surface area contributed by atoms with Gasteiger partial charge in [0.2, 0.25) is 0 Å². The van der Waals surface area contributed by atoms with E-state index >= 15 is 0 Å². The molecule has 1 N–H and O–H groups in total. The van der Waals surface area contributed by atoms with Crippen molar-refractivity contribution >= 4 is 26.7 Å². The Hall–Kier alpha value is -2.62. The second-order valence-corrected chi connectivity index (χ2v) is 11.4. The Balaban J connectivity index is 1.24. The second-order valence-electron chi connectivity index (χ2n) is 9.14. The number of alkyl halides is 3. The molecule has 0 unspecified atom stereocenters. The van der Waals surface area contributed by atoms with Gasteiger partial charge in [-0.15, -0.1) is 0 Å². The van der Waals surface area contributed by atoms with E-state index in [0.717, 1.165) is 54.7 Å². The Labute approximate surface area is 197 Å². The van der Waals surface area contributed by atoms with Crippen LogP contribution in [-0.4, -0.2) is 48.0 Å². The van der Waals surface area contributed by atoms with Gasteiger partial charge in [0.15, 0.2) is 9.84 Å². The Morgan fingerprint density at radius 1 is 1.06 bits per heavy atom. The van der Waals surface area contributed by atoms with Crippen LogP contribution in [0.5, 0.6) is 0 Å². The van der Waals surface area contributed by atoms with Crippen molar-refractivity contribution in [3.63, 3.8) is 0 Å². The number of anilines is 1. The van der Waals surface area contributed by atoms with Crippen molar-refractivity contribution in [1.82, 2.24) is 15.0 Å². The van der Waals surface area contributed by atoms with Gasteiger partial charge in [0.1, 0.15) is 17.8 Å². The molecule has 2 aromatic heterocycles. The molecule has 0 saturated heterocycles. The highest BCUT2D eigenvalue weighted by Gasteiger charge is 2.30. The molecule has 1 aliphatic carbocycles. The number of hydrogen-bond donors (Lipinski definition) is 1. The van der Waals surface area contributed by atoms with Crippen molar-refractivity contribution in [3.05, 3.63) is 54.0 Å². The standard InChI is InChI=1S/C24H29F3N4O2S/c1-31(23-21-12-13-28-22(21)29-16-30-23)20-10-6-18(7-11-20)15-34(32,33)14-2-3-17-4-8-19(9-5-17)24(25,26)27/h4-5,8-9,12-13,16,18,20H,2-3,6-7,10-11,14-15H2,1H3,(H,28,29,30). The van der Waals surface area contributed by atoms with E-state index in [4.69, 9.17) is 0 Å². The fourth-order valence-corrected chi connectivity index (χ4v) is 6.61. The van der Waals surface area contributed by atoms with Crippen molar-refractivity contribution < 1.29 is 21.6 Å². The summed E-state index contributed by atoms with van der Waals surface area (Å²) < 4.78 is 63.3. The molecule has 34 heavy (non-hydrogen) atoms. The van der Waals surface area contributed by atoms with E-state index in [1.807, 2.05) is 19.3 Å². The van der Waals surface area contributed by atoms with Crippen LogP contribution in [0.1, 0.15) is 43.2 Å². The molecular weight excluding hydrogens is 465 g/mol. The number of hydrogen-bond acceptors (Lipinski definition) is 5. The molecule has 3 aromatic rings. The van der Waals surface area contributed by atoms with Gasteiger partial charge >= 0.3 is 6.18 Å². The van der Waals surface area contributed by atoms with Crippen LogP contribution in [0.2, 0.25) is 0 Å². The summed E-state index contributed by atoms with van der Waals surface area (Å²) in [7, 11) is -1.19. The smallest absolute Gasteiger partial charge is 0.356 e. The maximum atomic E-state index is 12.7. The van der Waals surface area contributed by atoms with Gasteiger partial charge < -0.3 is 9.88 Å². The maximum Gasteiger partial charge on any atom is 0.416 e. The van der Waals surface area contributed by atoms with E-state index in [0.29, 0.717) is 24.4 Å². The summed E-state index contributed by atoms with van der Waals surface area (Å²) >= 11 is 0. The third kappa shape index (κ3) is 5.89. The molecule has 0 amide bonds. The number of halogens is 3. The summed E-state index contributed by atoms with van der Waals surface area (Å²) in [5.41, 5.74) is 0.822. The quantitative estimate of drug-likeness (QED) is 0.476. The Morgan fingerprint density at radius 2 is 1.76 bits per heavy atom. The predicted molar refractivity (Wildman–Crippen MR) is 126 cm³/mol. The summed E-state index contributed by atoms with van der Waals surface area (Å²) in [6.07, 6.45) is 3.37. The Bertz CT molecular complexity index is 1200. The van der Waals surface area contributed by atoms with Crippen LogP contribution in [0.25, 0.3) is 11.0 Å². The number of aryl methyl sites for hydroxylation is 1. The first-order chi connectivity index (χ1) is 16.1. The average Bonchev–Trinajstić information content (AvgIpc) is 3.27. The van der Waals surface area contributed by atoms with Crippen LogP contribution >= 0.6 is 0 Å². The lowest BCUT2D eigenvalue weighted by Crippen LogP contribution is -2.37. The zero-order chi connectivity index (χ0) is 24.3. The number of rotatable bonds is 8. The lowest BCUT2D eigenvalue weighted by atomic mass is 9.86. The van der Waals surface area contributed by atoms with Gasteiger partial charge in [0.25, 0.3) is 0 Å². The van der Waals surface area contributed by atoms with Gasteiger partial charge in [0.05, 0.1) is 22.5 Å². The lowest BCUT2D eigenvalue weighted by Gasteiger charge is -2.35. The molecule has 0 atom stereocenters. The van der Waals surface area contributed by atoms with E-state index in [-0.39, 0.29) is 17.4 Å². The van der Waals surface area contributed by atoms with Crippen LogP contribution in [0.15, 0.2) is 42.9 Å². The second kappa shape index (κ2) is 9.93. The maximum absolute atomic E-state index is 12.7. The average molecular weight is 495 g/mol. The first-order valence-corrected chi connectivity index (χ1v) is 13.3. The van der Waals surface area contributed by atoms with E-state index in [2.05, 4.69) is 19.9 Å². The minimum atomic E-state index is -4.36. The number of benzene rings is 1. The van der Waals surface area contributed by atoms with Crippen LogP contribution in [0, 0.1) is 5.92 Å². The van der Waals surface area contributed by atoms with E-state index < -0.39 is 21.6 Å². The highest BCUT2D eigenvalue weighted by molar-refractivity contribution is 7.91. The molecule has 0 spiro atoms. The topological polar surface area (TPSA) is 79.0 Å². The first-order valence-electron chi connectivity index (χ1n) is 11.5. The summed E-state index contributed by atoms with van der Waals surface area (Å²) in [6.45, 7) is 0. The number of H-pyrrole nitrogens is 1. The SMILES string of the molecule is CN(c1ncnc2[nH]ccc12)C1CCC(CS(=O)(=O)CCCc2ccc(C(F)(F)F)cc2)CC1. The number of nitrogens with zero attached hydrogens (tertiary/aromatic N) is 3. The molecule has 0 radical (unpaired) electrons. The lowest BCUT2D eigenvalue weighted by molar-refractivity contribution is -0.137. The van der Waals surface area contributed by atoms with Gasteiger partial charge in [-0.25, -0.2) is 18.4 Å². The number of nitrogens with one attached hydrogen (secondary N) is 1. The zero-order valence-electron chi connectivity index (χ0n) is 19.1. The van der Waals surface area contributed by atoms with E-state index in [1.165, 1.54) is 12.1 Å². The molecule has 1 saturated carbocycles. The Morgan fingerprint density at radius 3 is 2.44 bits per heavy atom. The summed E-state index contributed by atoms with van der Waals surface area (Å²) in [6, 6.07) is 7.19. The van der Waals surface area contributed by atoms with Crippen LogP contribution in [-0.2, 0) is 22.4 Å². The van der Waals surface area contributed by atoms with Crippen LogP contribution in [0.3, 0.4) is 0 Å². The summed E-state index contributed by atoms with van der Waals surface area (Å²) in [4.78, 5) is 14.0. The van der Waals surface area contributed by atoms with Gasteiger partial charge in [-0.2, -0.15) is 13.2 Å². The van der Waals surface area contributed by atoms with Gasteiger partial charge in [-0.05, 0) is 68.2 Å². The highest BCUT2D eigenvalue weighted by atomic mass is 32.2.